The Morgan fingerprint density at radius 3 is 2.76 bits per heavy atom. The van der Waals surface area contributed by atoms with E-state index in [4.69, 9.17) is 10.3 Å². The maximum atomic E-state index is 6.10. The molecule has 1 unspecified atom stereocenters. The molecule has 2 rings (SSSR count). The zero-order chi connectivity index (χ0) is 15.6. The van der Waals surface area contributed by atoms with E-state index in [0.29, 0.717) is 6.04 Å². The van der Waals surface area contributed by atoms with Gasteiger partial charge in [-0.05, 0) is 33.9 Å². The van der Waals surface area contributed by atoms with Crippen LogP contribution in [0.4, 0.5) is 0 Å². The van der Waals surface area contributed by atoms with Gasteiger partial charge in [0.15, 0.2) is 5.82 Å². The van der Waals surface area contributed by atoms with Gasteiger partial charge >= 0.3 is 0 Å². The first-order valence-electron chi connectivity index (χ1n) is 7.78. The molecule has 0 amide bonds. The Labute approximate surface area is 127 Å². The molecule has 0 bridgehead atoms. The van der Waals surface area contributed by atoms with E-state index in [2.05, 4.69) is 54.7 Å². The number of likely N-dealkylation sites (tertiary alicyclic amines) is 1. The molecular weight excluding hydrogens is 266 g/mol. The van der Waals surface area contributed by atoms with Crippen molar-refractivity contribution in [2.24, 2.45) is 5.73 Å². The smallest absolute Gasteiger partial charge is 0.229 e. The van der Waals surface area contributed by atoms with E-state index in [-0.39, 0.29) is 11.5 Å². The minimum Gasteiger partial charge on any atom is -0.339 e. The van der Waals surface area contributed by atoms with Crippen LogP contribution in [-0.2, 0) is 6.54 Å². The fraction of sp³-hybridized carbons (Fsp3) is 0.867. The number of likely N-dealkylation sites (N-methyl/N-ethyl adjacent to an activating group) is 1. The van der Waals surface area contributed by atoms with Crippen LogP contribution in [0.25, 0.3) is 0 Å². The molecule has 120 valence electrons. The average Bonchev–Trinajstić information content (AvgIpc) is 2.96. The Bertz CT molecular complexity index is 451. The number of nitrogens with two attached hydrogens (primary N) is 1. The first-order chi connectivity index (χ1) is 9.74. The molecule has 2 heterocycles. The third kappa shape index (κ3) is 4.76. The van der Waals surface area contributed by atoms with Gasteiger partial charge in [0, 0.05) is 30.6 Å². The number of nitrogens with zero attached hydrogens (tertiary/aromatic N) is 4. The predicted molar refractivity (Wildman–Crippen MR) is 83.0 cm³/mol. The summed E-state index contributed by atoms with van der Waals surface area (Å²) in [6.07, 6.45) is 1.17. The molecule has 1 aliphatic heterocycles. The summed E-state index contributed by atoms with van der Waals surface area (Å²) in [6.45, 7) is 12.1. The lowest BCUT2D eigenvalue weighted by Crippen LogP contribution is -2.45. The van der Waals surface area contributed by atoms with Crippen molar-refractivity contribution < 1.29 is 4.52 Å². The summed E-state index contributed by atoms with van der Waals surface area (Å²) >= 11 is 0. The molecule has 1 aromatic heterocycles. The third-order valence-corrected chi connectivity index (χ3v) is 3.87. The van der Waals surface area contributed by atoms with E-state index < -0.39 is 0 Å². The highest BCUT2D eigenvalue weighted by Gasteiger charge is 2.29. The van der Waals surface area contributed by atoms with E-state index in [1.165, 1.54) is 6.42 Å². The molecule has 0 aliphatic carbocycles. The predicted octanol–water partition coefficient (Wildman–Crippen LogP) is 1.44. The zero-order valence-electron chi connectivity index (χ0n) is 14.0. The molecule has 2 N–H and O–H groups in total. The normalized spacial score (nSPS) is 20.9. The van der Waals surface area contributed by atoms with Gasteiger partial charge in [-0.3, -0.25) is 9.80 Å². The number of hydrogen-bond acceptors (Lipinski definition) is 6. The van der Waals surface area contributed by atoms with Crippen LogP contribution in [0.1, 0.15) is 51.7 Å². The van der Waals surface area contributed by atoms with E-state index in [9.17, 15) is 0 Å². The topological polar surface area (TPSA) is 71.4 Å². The van der Waals surface area contributed by atoms with E-state index in [1.54, 1.807) is 0 Å². The average molecular weight is 295 g/mol. The summed E-state index contributed by atoms with van der Waals surface area (Å²) in [5, 5.41) is 4.07. The second kappa shape index (κ2) is 6.42. The first-order valence-corrected chi connectivity index (χ1v) is 7.78. The van der Waals surface area contributed by atoms with E-state index >= 15 is 0 Å². The molecule has 1 atom stereocenters. The molecule has 0 radical (unpaired) electrons. The van der Waals surface area contributed by atoms with Crippen LogP contribution in [0.5, 0.6) is 0 Å². The van der Waals surface area contributed by atoms with Crippen molar-refractivity contribution in [1.82, 2.24) is 19.9 Å². The lowest BCUT2D eigenvalue weighted by atomic mass is 10.1. The van der Waals surface area contributed by atoms with Crippen LogP contribution in [-0.4, -0.2) is 58.2 Å². The Kier molecular flexibility index (Phi) is 5.01. The van der Waals surface area contributed by atoms with Crippen LogP contribution < -0.4 is 5.73 Å². The molecule has 1 fully saturated rings. The van der Waals surface area contributed by atoms with Gasteiger partial charge in [0.25, 0.3) is 0 Å². The molecule has 0 saturated carbocycles. The van der Waals surface area contributed by atoms with Crippen molar-refractivity contribution in [3.63, 3.8) is 0 Å². The summed E-state index contributed by atoms with van der Waals surface area (Å²) in [7, 11) is 2.13. The van der Waals surface area contributed by atoms with E-state index in [1.807, 2.05) is 0 Å². The highest BCUT2D eigenvalue weighted by atomic mass is 16.5. The second-order valence-corrected chi connectivity index (χ2v) is 7.28. The van der Waals surface area contributed by atoms with Crippen LogP contribution in [0.3, 0.4) is 0 Å². The second-order valence-electron chi connectivity index (χ2n) is 7.28. The van der Waals surface area contributed by atoms with Crippen LogP contribution in [0.2, 0.25) is 0 Å². The standard InChI is InChI=1S/C15H29N5O/c1-11(2)14-17-13(18-21-14)9-19(5)12-6-7-20(8-12)10-15(3,4)16/h11-12H,6-10,16H2,1-5H3. The highest BCUT2D eigenvalue weighted by Crippen LogP contribution is 2.18. The largest absolute Gasteiger partial charge is 0.339 e. The molecular formula is C15H29N5O. The quantitative estimate of drug-likeness (QED) is 0.856. The van der Waals surface area contributed by atoms with Crippen molar-refractivity contribution in [3.05, 3.63) is 11.7 Å². The highest BCUT2D eigenvalue weighted by molar-refractivity contribution is 4.93. The fourth-order valence-electron chi connectivity index (χ4n) is 2.81. The zero-order valence-corrected chi connectivity index (χ0v) is 14.0. The van der Waals surface area contributed by atoms with Gasteiger partial charge in [-0.25, -0.2) is 0 Å². The SMILES string of the molecule is CC(C)c1nc(CN(C)C2CCN(CC(C)(C)N)C2)no1. The van der Waals surface area contributed by atoms with Crippen molar-refractivity contribution in [2.45, 2.75) is 58.2 Å². The Morgan fingerprint density at radius 2 is 2.19 bits per heavy atom. The minimum absolute atomic E-state index is 0.132. The van der Waals surface area contributed by atoms with Crippen molar-refractivity contribution in [2.75, 3.05) is 26.7 Å². The molecule has 0 spiro atoms. The Balaban J connectivity index is 1.85. The van der Waals surface area contributed by atoms with Gasteiger partial charge in [-0.2, -0.15) is 4.98 Å². The number of hydrogen-bond donors (Lipinski definition) is 1. The van der Waals surface area contributed by atoms with E-state index in [0.717, 1.165) is 37.9 Å². The maximum absolute atomic E-state index is 6.10. The monoisotopic (exact) mass is 295 g/mol. The number of aromatic nitrogens is 2. The number of rotatable bonds is 6. The Hall–Kier alpha value is -0.980. The van der Waals surface area contributed by atoms with Crippen LogP contribution >= 0.6 is 0 Å². The van der Waals surface area contributed by atoms with Gasteiger partial charge in [-0.15, -0.1) is 0 Å². The molecule has 0 aromatic carbocycles. The summed E-state index contributed by atoms with van der Waals surface area (Å²) in [5.41, 5.74) is 5.97. The van der Waals surface area contributed by atoms with Crippen molar-refractivity contribution in [3.8, 4) is 0 Å². The minimum atomic E-state index is -0.132. The van der Waals surface area contributed by atoms with Crippen LogP contribution in [0, 0.1) is 0 Å². The molecule has 1 aromatic rings. The summed E-state index contributed by atoms with van der Waals surface area (Å²) in [6, 6.07) is 0.536. The summed E-state index contributed by atoms with van der Waals surface area (Å²) in [5.74, 6) is 1.78. The van der Waals surface area contributed by atoms with Gasteiger partial charge in [-0.1, -0.05) is 19.0 Å². The third-order valence-electron chi connectivity index (χ3n) is 3.87. The lowest BCUT2D eigenvalue weighted by molar-refractivity contribution is 0.206. The summed E-state index contributed by atoms with van der Waals surface area (Å²) < 4.78 is 5.26. The molecule has 6 heteroatoms. The summed E-state index contributed by atoms with van der Waals surface area (Å²) in [4.78, 5) is 9.21. The van der Waals surface area contributed by atoms with Crippen LogP contribution in [0.15, 0.2) is 4.52 Å². The van der Waals surface area contributed by atoms with Gasteiger partial charge < -0.3 is 10.3 Å². The van der Waals surface area contributed by atoms with Crippen molar-refractivity contribution >= 4 is 0 Å². The lowest BCUT2D eigenvalue weighted by Gasteiger charge is -2.27. The fourth-order valence-corrected chi connectivity index (χ4v) is 2.81. The molecule has 1 aliphatic rings. The molecule has 1 saturated heterocycles. The molecule has 6 nitrogen and oxygen atoms in total. The van der Waals surface area contributed by atoms with Gasteiger partial charge in [0.05, 0.1) is 6.54 Å². The molecule has 21 heavy (non-hydrogen) atoms. The first kappa shape index (κ1) is 16.4. The van der Waals surface area contributed by atoms with Gasteiger partial charge in [0.1, 0.15) is 0 Å². The van der Waals surface area contributed by atoms with Crippen molar-refractivity contribution in [1.29, 1.82) is 0 Å². The maximum Gasteiger partial charge on any atom is 0.229 e. The van der Waals surface area contributed by atoms with Gasteiger partial charge in [0.2, 0.25) is 5.89 Å². The Morgan fingerprint density at radius 1 is 1.48 bits per heavy atom.